The van der Waals surface area contributed by atoms with Gasteiger partial charge in [-0.1, -0.05) is 0 Å². The summed E-state index contributed by atoms with van der Waals surface area (Å²) >= 11 is 0. The molecule has 0 radical (unpaired) electrons. The predicted octanol–water partition coefficient (Wildman–Crippen LogP) is 1.62. The molecule has 3 rings (SSSR count). The van der Waals surface area contributed by atoms with Crippen LogP contribution in [0.4, 0.5) is 0 Å². The Labute approximate surface area is 139 Å². The highest BCUT2D eigenvalue weighted by atomic mass is 16.1. The monoisotopic (exact) mass is 325 g/mol. The largest absolute Gasteiger partial charge is 0.351 e. The van der Waals surface area contributed by atoms with Crippen molar-refractivity contribution in [3.05, 3.63) is 48.3 Å². The van der Waals surface area contributed by atoms with Crippen molar-refractivity contribution < 1.29 is 4.79 Å². The van der Waals surface area contributed by atoms with E-state index in [9.17, 15) is 4.79 Å². The quantitative estimate of drug-likeness (QED) is 0.717. The summed E-state index contributed by atoms with van der Waals surface area (Å²) in [5, 5.41) is 14.1. The van der Waals surface area contributed by atoms with Gasteiger partial charge >= 0.3 is 0 Å². The first-order valence-corrected chi connectivity index (χ1v) is 7.77. The van der Waals surface area contributed by atoms with Crippen LogP contribution in [0, 0.1) is 0 Å². The minimum atomic E-state index is -0.143. The summed E-state index contributed by atoms with van der Waals surface area (Å²) < 4.78 is 1.76. The summed E-state index contributed by atoms with van der Waals surface area (Å²) in [5.74, 6) is 1.20. The van der Waals surface area contributed by atoms with Crippen molar-refractivity contribution in [1.29, 1.82) is 0 Å². The summed E-state index contributed by atoms with van der Waals surface area (Å²) in [7, 11) is 0. The second kappa shape index (κ2) is 7.03. The van der Waals surface area contributed by atoms with Crippen LogP contribution < -0.4 is 5.32 Å². The Kier molecular flexibility index (Phi) is 4.64. The summed E-state index contributed by atoms with van der Waals surface area (Å²) in [4.78, 5) is 20.5. The van der Waals surface area contributed by atoms with E-state index in [-0.39, 0.29) is 11.9 Å². The first-order valence-electron chi connectivity index (χ1n) is 7.77. The zero-order valence-corrected chi connectivity index (χ0v) is 13.6. The maximum absolute atomic E-state index is 12.1. The van der Waals surface area contributed by atoms with Crippen molar-refractivity contribution in [2.45, 2.75) is 26.3 Å². The molecule has 0 aliphatic heterocycles. The fourth-order valence-corrected chi connectivity index (χ4v) is 2.17. The van der Waals surface area contributed by atoms with Gasteiger partial charge in [0.15, 0.2) is 5.82 Å². The molecular weight excluding hydrogens is 306 g/mol. The minimum absolute atomic E-state index is 0.143. The van der Waals surface area contributed by atoms with E-state index in [0.29, 0.717) is 24.4 Å². The molecule has 0 fully saturated rings. The lowest BCUT2D eigenvalue weighted by Crippen LogP contribution is -2.25. The summed E-state index contributed by atoms with van der Waals surface area (Å²) in [6, 6.07) is 3.93. The molecule has 3 heterocycles. The van der Waals surface area contributed by atoms with Crippen LogP contribution in [0.25, 0.3) is 11.4 Å². The Bertz CT molecular complexity index is 807. The molecule has 2 N–H and O–H groups in total. The van der Waals surface area contributed by atoms with Gasteiger partial charge in [-0.05, 0) is 26.0 Å². The topological polar surface area (TPSA) is 101 Å². The molecular formula is C16H19N7O. The predicted molar refractivity (Wildman–Crippen MR) is 88.3 cm³/mol. The number of rotatable bonds is 6. The molecule has 0 saturated heterocycles. The number of nitrogens with one attached hydrogen (secondary N) is 2. The van der Waals surface area contributed by atoms with Crippen molar-refractivity contribution in [3.63, 3.8) is 0 Å². The number of carbonyl (C=O) groups excluding carboxylic acids is 1. The second-order valence-electron chi connectivity index (χ2n) is 5.65. The lowest BCUT2D eigenvalue weighted by molar-refractivity contribution is 0.0954. The lowest BCUT2D eigenvalue weighted by atomic mass is 10.2. The third kappa shape index (κ3) is 3.65. The van der Waals surface area contributed by atoms with E-state index >= 15 is 0 Å². The van der Waals surface area contributed by atoms with Gasteiger partial charge in [0.25, 0.3) is 5.91 Å². The number of hydrogen-bond donors (Lipinski definition) is 2. The average Bonchev–Trinajstić information content (AvgIpc) is 3.25. The van der Waals surface area contributed by atoms with E-state index in [1.807, 2.05) is 26.0 Å². The highest BCUT2D eigenvalue weighted by molar-refractivity contribution is 5.93. The Morgan fingerprint density at radius 3 is 2.83 bits per heavy atom. The second-order valence-corrected chi connectivity index (χ2v) is 5.65. The number of carbonyl (C=O) groups is 1. The van der Waals surface area contributed by atoms with Crippen molar-refractivity contribution in [1.82, 2.24) is 35.3 Å². The first-order chi connectivity index (χ1) is 11.6. The third-order valence-electron chi connectivity index (χ3n) is 3.51. The van der Waals surface area contributed by atoms with Gasteiger partial charge in [0.05, 0.1) is 11.8 Å². The Morgan fingerprint density at radius 2 is 2.12 bits per heavy atom. The summed E-state index contributed by atoms with van der Waals surface area (Å²) in [5.41, 5.74) is 1.45. The Balaban J connectivity index is 1.53. The molecule has 3 aromatic rings. The van der Waals surface area contributed by atoms with E-state index in [1.54, 1.807) is 29.5 Å². The first kappa shape index (κ1) is 15.9. The van der Waals surface area contributed by atoms with Crippen LogP contribution in [0.5, 0.6) is 0 Å². The SMILES string of the molecule is CC(C)n1cc(C(=O)NCCc2nc(-c3ccncc3)n[nH]2)cn1. The van der Waals surface area contributed by atoms with Gasteiger partial charge in [-0.3, -0.25) is 19.6 Å². The van der Waals surface area contributed by atoms with Gasteiger partial charge in [0.1, 0.15) is 5.82 Å². The maximum atomic E-state index is 12.1. The normalized spacial score (nSPS) is 11.0. The fourth-order valence-electron chi connectivity index (χ4n) is 2.17. The van der Waals surface area contributed by atoms with Crippen molar-refractivity contribution >= 4 is 5.91 Å². The molecule has 0 aromatic carbocycles. The van der Waals surface area contributed by atoms with Crippen molar-refractivity contribution in [3.8, 4) is 11.4 Å². The van der Waals surface area contributed by atoms with Crippen LogP contribution in [-0.4, -0.2) is 42.4 Å². The Morgan fingerprint density at radius 1 is 1.33 bits per heavy atom. The van der Waals surface area contributed by atoms with Crippen LogP contribution in [0.3, 0.4) is 0 Å². The number of H-pyrrole nitrogens is 1. The molecule has 8 nitrogen and oxygen atoms in total. The third-order valence-corrected chi connectivity index (χ3v) is 3.51. The smallest absolute Gasteiger partial charge is 0.254 e. The molecule has 0 atom stereocenters. The minimum Gasteiger partial charge on any atom is -0.351 e. The highest BCUT2D eigenvalue weighted by Gasteiger charge is 2.10. The van der Waals surface area contributed by atoms with Gasteiger partial charge in [-0.15, -0.1) is 0 Å². The molecule has 0 saturated carbocycles. The number of hydrogen-bond acceptors (Lipinski definition) is 5. The number of amides is 1. The van der Waals surface area contributed by atoms with E-state index in [0.717, 1.165) is 11.4 Å². The molecule has 0 spiro atoms. The number of pyridine rings is 1. The van der Waals surface area contributed by atoms with E-state index < -0.39 is 0 Å². The molecule has 0 aliphatic carbocycles. The van der Waals surface area contributed by atoms with Crippen LogP contribution >= 0.6 is 0 Å². The van der Waals surface area contributed by atoms with Gasteiger partial charge < -0.3 is 5.32 Å². The number of aromatic nitrogens is 6. The van der Waals surface area contributed by atoms with E-state index in [4.69, 9.17) is 0 Å². The molecule has 124 valence electrons. The zero-order valence-electron chi connectivity index (χ0n) is 13.6. The summed E-state index contributed by atoms with van der Waals surface area (Å²) in [6.45, 7) is 4.49. The standard InChI is InChI=1S/C16H19N7O/c1-11(2)23-10-13(9-19-23)16(24)18-8-5-14-20-15(22-21-14)12-3-6-17-7-4-12/h3-4,6-7,9-11H,5,8H2,1-2H3,(H,18,24)(H,20,21,22). The van der Waals surface area contributed by atoms with Gasteiger partial charge in [0, 0.05) is 43.2 Å². The average molecular weight is 325 g/mol. The van der Waals surface area contributed by atoms with Crippen molar-refractivity contribution in [2.75, 3.05) is 6.54 Å². The zero-order chi connectivity index (χ0) is 16.9. The van der Waals surface area contributed by atoms with Crippen LogP contribution in [0.15, 0.2) is 36.9 Å². The number of nitrogens with zero attached hydrogens (tertiary/aromatic N) is 5. The fraction of sp³-hybridized carbons (Fsp3) is 0.312. The highest BCUT2D eigenvalue weighted by Crippen LogP contribution is 2.12. The molecule has 0 bridgehead atoms. The van der Waals surface area contributed by atoms with Gasteiger partial charge in [-0.25, -0.2) is 4.98 Å². The van der Waals surface area contributed by atoms with Crippen LogP contribution in [0.1, 0.15) is 36.1 Å². The molecule has 24 heavy (non-hydrogen) atoms. The molecule has 0 aliphatic rings. The lowest BCUT2D eigenvalue weighted by Gasteiger charge is -2.03. The molecule has 1 amide bonds. The molecule has 0 unspecified atom stereocenters. The molecule has 8 heteroatoms. The van der Waals surface area contributed by atoms with Crippen LogP contribution in [0.2, 0.25) is 0 Å². The summed E-state index contributed by atoms with van der Waals surface area (Å²) in [6.07, 6.45) is 7.29. The van der Waals surface area contributed by atoms with Crippen molar-refractivity contribution in [2.24, 2.45) is 0 Å². The van der Waals surface area contributed by atoms with Gasteiger partial charge in [-0.2, -0.15) is 10.2 Å². The van der Waals surface area contributed by atoms with Crippen LogP contribution in [-0.2, 0) is 6.42 Å². The van der Waals surface area contributed by atoms with E-state index in [2.05, 4.69) is 30.6 Å². The van der Waals surface area contributed by atoms with Gasteiger partial charge in [0.2, 0.25) is 0 Å². The number of aromatic amines is 1. The maximum Gasteiger partial charge on any atom is 0.254 e. The Hall–Kier alpha value is -3.03. The molecule has 3 aromatic heterocycles. The van der Waals surface area contributed by atoms with E-state index in [1.165, 1.54) is 0 Å².